The van der Waals surface area contributed by atoms with Gasteiger partial charge >= 0.3 is 0 Å². The third-order valence-electron chi connectivity index (χ3n) is 2.61. The lowest BCUT2D eigenvalue weighted by Crippen LogP contribution is -2.50. The van der Waals surface area contributed by atoms with Gasteiger partial charge in [0.1, 0.15) is 0 Å². The topological polar surface area (TPSA) is 64.3 Å². The van der Waals surface area contributed by atoms with Crippen LogP contribution in [0.15, 0.2) is 0 Å². The smallest absolute Gasteiger partial charge is 0.234 e. The fraction of sp³-hybridized carbons (Fsp3) is 0.900. The zero-order chi connectivity index (χ0) is 10.6. The second kappa shape index (κ2) is 5.32. The summed E-state index contributed by atoms with van der Waals surface area (Å²) in [4.78, 5) is 11.1. The molecule has 0 aromatic rings. The molecule has 1 aliphatic rings. The van der Waals surface area contributed by atoms with Crippen molar-refractivity contribution in [3.8, 4) is 0 Å². The van der Waals surface area contributed by atoms with E-state index in [2.05, 4.69) is 5.32 Å². The highest BCUT2D eigenvalue weighted by molar-refractivity contribution is 5.80. The summed E-state index contributed by atoms with van der Waals surface area (Å²) in [6.45, 7) is 5.56. The molecule has 1 heterocycles. The Bertz CT molecular complexity index is 189. The van der Waals surface area contributed by atoms with E-state index in [9.17, 15) is 4.79 Å². The third-order valence-corrected chi connectivity index (χ3v) is 2.61. The first-order chi connectivity index (χ1) is 6.61. The zero-order valence-corrected chi connectivity index (χ0v) is 8.95. The fourth-order valence-corrected chi connectivity index (χ4v) is 1.72. The molecule has 1 fully saturated rings. The van der Waals surface area contributed by atoms with Gasteiger partial charge in [0.25, 0.3) is 0 Å². The van der Waals surface area contributed by atoms with Gasteiger partial charge < -0.3 is 15.8 Å². The third kappa shape index (κ3) is 3.27. The first-order valence-corrected chi connectivity index (χ1v) is 5.24. The predicted octanol–water partition coefficient (Wildman–Crippen LogP) is 0.265. The zero-order valence-electron chi connectivity index (χ0n) is 8.95. The second-order valence-electron chi connectivity index (χ2n) is 4.18. The molecule has 1 aliphatic heterocycles. The molecular weight excluding hydrogens is 180 g/mol. The van der Waals surface area contributed by atoms with Crippen molar-refractivity contribution in [2.24, 2.45) is 11.7 Å². The molecule has 1 unspecified atom stereocenters. The van der Waals surface area contributed by atoms with Crippen molar-refractivity contribution in [2.45, 2.75) is 38.8 Å². The molecule has 3 N–H and O–H groups in total. The van der Waals surface area contributed by atoms with Gasteiger partial charge in [0.05, 0.1) is 6.04 Å². The Hall–Kier alpha value is -0.610. The number of nitrogens with one attached hydrogen (secondary N) is 1. The Kier molecular flexibility index (Phi) is 4.35. The average molecular weight is 200 g/mol. The van der Waals surface area contributed by atoms with Crippen LogP contribution in [0.2, 0.25) is 0 Å². The Morgan fingerprint density at radius 3 is 2.43 bits per heavy atom. The molecule has 1 rings (SSSR count). The molecule has 0 spiro atoms. The molecule has 1 atom stereocenters. The van der Waals surface area contributed by atoms with E-state index >= 15 is 0 Å². The molecule has 0 radical (unpaired) electrons. The van der Waals surface area contributed by atoms with Crippen molar-refractivity contribution in [3.63, 3.8) is 0 Å². The van der Waals surface area contributed by atoms with Gasteiger partial charge in [-0.3, -0.25) is 4.79 Å². The summed E-state index contributed by atoms with van der Waals surface area (Å²) in [6.07, 6.45) is 1.94. The molecule has 0 aromatic heterocycles. The second-order valence-corrected chi connectivity index (χ2v) is 4.18. The van der Waals surface area contributed by atoms with Crippen molar-refractivity contribution in [2.75, 3.05) is 13.2 Å². The largest absolute Gasteiger partial charge is 0.381 e. The van der Waals surface area contributed by atoms with E-state index in [1.807, 2.05) is 13.8 Å². The van der Waals surface area contributed by atoms with Crippen LogP contribution in [0.25, 0.3) is 0 Å². The van der Waals surface area contributed by atoms with Crippen LogP contribution < -0.4 is 11.1 Å². The van der Waals surface area contributed by atoms with Gasteiger partial charge in [-0.1, -0.05) is 13.8 Å². The van der Waals surface area contributed by atoms with Crippen LogP contribution in [0, 0.1) is 5.92 Å². The summed E-state index contributed by atoms with van der Waals surface area (Å²) < 4.78 is 5.25. The first-order valence-electron chi connectivity index (χ1n) is 5.24. The Labute approximate surface area is 85.2 Å². The molecule has 4 nitrogen and oxygen atoms in total. The minimum atomic E-state index is -0.258. The lowest BCUT2D eigenvalue weighted by Gasteiger charge is -2.28. The van der Waals surface area contributed by atoms with Crippen molar-refractivity contribution in [3.05, 3.63) is 0 Å². The van der Waals surface area contributed by atoms with Crippen LogP contribution in [0.4, 0.5) is 0 Å². The van der Waals surface area contributed by atoms with Crippen LogP contribution >= 0.6 is 0 Å². The van der Waals surface area contributed by atoms with Gasteiger partial charge in [-0.2, -0.15) is 0 Å². The van der Waals surface area contributed by atoms with Crippen molar-refractivity contribution >= 4 is 5.91 Å². The highest BCUT2D eigenvalue weighted by Gasteiger charge is 2.23. The predicted molar refractivity (Wildman–Crippen MR) is 54.8 cm³/mol. The number of carbonyl (C=O) groups excluding carboxylic acids is 1. The average Bonchev–Trinajstić information content (AvgIpc) is 2.15. The van der Waals surface area contributed by atoms with Crippen LogP contribution in [-0.4, -0.2) is 31.2 Å². The molecule has 1 saturated heterocycles. The molecule has 14 heavy (non-hydrogen) atoms. The minimum absolute atomic E-state index is 0.210. The van der Waals surface area contributed by atoms with Gasteiger partial charge in [-0.25, -0.2) is 0 Å². The number of carbonyl (C=O) groups is 1. The van der Waals surface area contributed by atoms with Gasteiger partial charge in [0, 0.05) is 19.3 Å². The summed E-state index contributed by atoms with van der Waals surface area (Å²) >= 11 is 0. The van der Waals surface area contributed by atoms with E-state index in [4.69, 9.17) is 10.5 Å². The van der Waals surface area contributed by atoms with Gasteiger partial charge in [0.15, 0.2) is 0 Å². The number of ether oxygens (including phenoxy) is 1. The maximum atomic E-state index is 11.1. The van der Waals surface area contributed by atoms with E-state index in [-0.39, 0.29) is 17.9 Å². The van der Waals surface area contributed by atoms with E-state index < -0.39 is 0 Å². The van der Waals surface area contributed by atoms with Gasteiger partial charge in [-0.05, 0) is 18.8 Å². The summed E-state index contributed by atoms with van der Waals surface area (Å²) in [5, 5.41) is 3.30. The maximum Gasteiger partial charge on any atom is 0.234 e. The fourth-order valence-electron chi connectivity index (χ4n) is 1.72. The number of primary amides is 1. The number of rotatable bonds is 4. The Morgan fingerprint density at radius 1 is 1.43 bits per heavy atom. The Balaban J connectivity index is 2.41. The van der Waals surface area contributed by atoms with E-state index in [0.29, 0.717) is 6.04 Å². The quantitative estimate of drug-likeness (QED) is 0.684. The van der Waals surface area contributed by atoms with Crippen molar-refractivity contribution in [1.82, 2.24) is 5.32 Å². The van der Waals surface area contributed by atoms with E-state index in [1.54, 1.807) is 0 Å². The van der Waals surface area contributed by atoms with Crippen LogP contribution in [-0.2, 0) is 9.53 Å². The molecule has 1 amide bonds. The molecule has 82 valence electrons. The molecule has 0 aromatic carbocycles. The minimum Gasteiger partial charge on any atom is -0.381 e. The van der Waals surface area contributed by atoms with Crippen LogP contribution in [0.3, 0.4) is 0 Å². The van der Waals surface area contributed by atoms with Gasteiger partial charge in [0.2, 0.25) is 5.91 Å². The summed E-state index contributed by atoms with van der Waals surface area (Å²) in [5.74, 6) is -0.0122. The number of hydrogen-bond acceptors (Lipinski definition) is 3. The number of hydrogen-bond donors (Lipinski definition) is 2. The monoisotopic (exact) mass is 200 g/mol. The molecule has 0 bridgehead atoms. The normalized spacial score (nSPS) is 21.1. The van der Waals surface area contributed by atoms with E-state index in [0.717, 1.165) is 26.1 Å². The summed E-state index contributed by atoms with van der Waals surface area (Å²) in [5.41, 5.74) is 5.32. The van der Waals surface area contributed by atoms with Crippen molar-refractivity contribution < 1.29 is 9.53 Å². The highest BCUT2D eigenvalue weighted by atomic mass is 16.5. The lowest BCUT2D eigenvalue weighted by atomic mass is 10.0. The number of amides is 1. The number of nitrogens with two attached hydrogens (primary N) is 1. The molecule has 0 saturated carbocycles. The molecule has 0 aliphatic carbocycles. The SMILES string of the molecule is CC(C)C(NC1CCOCC1)C(N)=O. The summed E-state index contributed by atoms with van der Waals surface area (Å²) in [7, 11) is 0. The lowest BCUT2D eigenvalue weighted by molar-refractivity contribution is -0.121. The molecule has 4 heteroatoms. The van der Waals surface area contributed by atoms with E-state index in [1.165, 1.54) is 0 Å². The summed E-state index contributed by atoms with van der Waals surface area (Å²) in [6, 6.07) is 0.168. The maximum absolute atomic E-state index is 11.1. The van der Waals surface area contributed by atoms with Gasteiger partial charge in [-0.15, -0.1) is 0 Å². The van der Waals surface area contributed by atoms with Crippen molar-refractivity contribution in [1.29, 1.82) is 0 Å². The Morgan fingerprint density at radius 2 is 2.00 bits per heavy atom. The first kappa shape index (κ1) is 11.5. The highest BCUT2D eigenvalue weighted by Crippen LogP contribution is 2.10. The standard InChI is InChI=1S/C10H20N2O2/c1-7(2)9(10(11)13)12-8-3-5-14-6-4-8/h7-9,12H,3-6H2,1-2H3,(H2,11,13). The van der Waals surface area contributed by atoms with Crippen LogP contribution in [0.5, 0.6) is 0 Å². The molecular formula is C10H20N2O2. The van der Waals surface area contributed by atoms with Crippen LogP contribution in [0.1, 0.15) is 26.7 Å².